The van der Waals surface area contributed by atoms with Gasteiger partial charge >= 0.3 is 0 Å². The summed E-state index contributed by atoms with van der Waals surface area (Å²) in [7, 11) is 0. The third-order valence-electron chi connectivity index (χ3n) is 3.91. The van der Waals surface area contributed by atoms with Gasteiger partial charge in [0.1, 0.15) is 0 Å². The van der Waals surface area contributed by atoms with Gasteiger partial charge in [0, 0.05) is 0 Å². The molecule has 0 amide bonds. The summed E-state index contributed by atoms with van der Waals surface area (Å²) in [5, 5.41) is 2.89. The SMILES string of the molecule is [c]1ccc(-c2ccc3c4c(cccc24)CC3)cc1. The highest BCUT2D eigenvalue weighted by Crippen LogP contribution is 2.36. The quantitative estimate of drug-likeness (QED) is 0.580. The molecule has 0 spiro atoms. The van der Waals surface area contributed by atoms with Gasteiger partial charge in [0.25, 0.3) is 0 Å². The van der Waals surface area contributed by atoms with Crippen molar-refractivity contribution >= 4 is 10.8 Å². The van der Waals surface area contributed by atoms with Gasteiger partial charge in [-0.25, -0.2) is 0 Å². The first-order chi connectivity index (χ1) is 8.93. The van der Waals surface area contributed by atoms with E-state index >= 15 is 0 Å². The number of hydrogen-bond donors (Lipinski definition) is 0. The summed E-state index contributed by atoms with van der Waals surface area (Å²) < 4.78 is 0. The van der Waals surface area contributed by atoms with Crippen LogP contribution in [0, 0.1) is 6.07 Å². The maximum absolute atomic E-state index is 3.09. The number of hydrogen-bond acceptors (Lipinski definition) is 0. The van der Waals surface area contributed by atoms with Gasteiger partial charge in [-0.2, -0.15) is 0 Å². The molecule has 0 bridgehead atoms. The van der Waals surface area contributed by atoms with Crippen LogP contribution in [0.15, 0.2) is 54.6 Å². The average Bonchev–Trinajstić information content (AvgIpc) is 2.86. The lowest BCUT2D eigenvalue weighted by Gasteiger charge is -2.09. The predicted molar refractivity (Wildman–Crippen MR) is 75.6 cm³/mol. The summed E-state index contributed by atoms with van der Waals surface area (Å²) >= 11 is 0. The Hall–Kier alpha value is -2.08. The second-order valence-corrected chi connectivity index (χ2v) is 4.90. The molecule has 1 aliphatic rings. The van der Waals surface area contributed by atoms with Crippen molar-refractivity contribution in [2.75, 3.05) is 0 Å². The van der Waals surface area contributed by atoms with E-state index in [1.165, 1.54) is 45.9 Å². The van der Waals surface area contributed by atoms with Crippen LogP contribution in [0.4, 0.5) is 0 Å². The summed E-state index contributed by atoms with van der Waals surface area (Å²) in [4.78, 5) is 0. The van der Waals surface area contributed by atoms with Crippen molar-refractivity contribution < 1.29 is 0 Å². The highest BCUT2D eigenvalue weighted by Gasteiger charge is 2.15. The highest BCUT2D eigenvalue weighted by molar-refractivity contribution is 6.01. The third-order valence-corrected chi connectivity index (χ3v) is 3.91. The Morgan fingerprint density at radius 3 is 2.39 bits per heavy atom. The molecule has 0 heterocycles. The topological polar surface area (TPSA) is 0 Å². The Balaban J connectivity index is 2.10. The first-order valence-corrected chi connectivity index (χ1v) is 6.43. The van der Waals surface area contributed by atoms with Crippen LogP contribution in [0.5, 0.6) is 0 Å². The monoisotopic (exact) mass is 229 g/mol. The van der Waals surface area contributed by atoms with Gasteiger partial charge in [-0.05, 0) is 51.9 Å². The molecule has 1 aliphatic carbocycles. The van der Waals surface area contributed by atoms with Crippen LogP contribution in [-0.4, -0.2) is 0 Å². The second kappa shape index (κ2) is 3.71. The second-order valence-electron chi connectivity index (χ2n) is 4.90. The van der Waals surface area contributed by atoms with Crippen molar-refractivity contribution in [3.8, 4) is 11.1 Å². The fourth-order valence-corrected chi connectivity index (χ4v) is 3.07. The molecule has 0 saturated carbocycles. The molecule has 0 unspecified atom stereocenters. The lowest BCUT2D eigenvalue weighted by atomic mass is 9.95. The van der Waals surface area contributed by atoms with E-state index in [4.69, 9.17) is 0 Å². The summed E-state index contributed by atoms with van der Waals surface area (Å²) in [6.07, 6.45) is 2.39. The van der Waals surface area contributed by atoms with Gasteiger partial charge in [-0.15, -0.1) is 0 Å². The van der Waals surface area contributed by atoms with Crippen molar-refractivity contribution in [2.45, 2.75) is 12.8 Å². The van der Waals surface area contributed by atoms with Crippen molar-refractivity contribution in [3.05, 3.63) is 71.8 Å². The fraction of sp³-hybridized carbons (Fsp3) is 0.111. The zero-order valence-corrected chi connectivity index (χ0v) is 10.1. The minimum absolute atomic E-state index is 1.19. The predicted octanol–water partition coefficient (Wildman–Crippen LogP) is 4.41. The molecule has 0 aliphatic heterocycles. The van der Waals surface area contributed by atoms with Crippen molar-refractivity contribution in [1.29, 1.82) is 0 Å². The summed E-state index contributed by atoms with van der Waals surface area (Å²) in [6, 6.07) is 22.6. The Labute approximate surface area is 107 Å². The zero-order valence-electron chi connectivity index (χ0n) is 10.1. The molecule has 0 N–H and O–H groups in total. The molecule has 0 heteroatoms. The Morgan fingerprint density at radius 2 is 1.56 bits per heavy atom. The average molecular weight is 229 g/mol. The minimum Gasteiger partial charge on any atom is -0.0613 e. The van der Waals surface area contributed by atoms with E-state index in [2.05, 4.69) is 48.5 Å². The summed E-state index contributed by atoms with van der Waals surface area (Å²) in [6.45, 7) is 0. The van der Waals surface area contributed by atoms with Crippen LogP contribution in [-0.2, 0) is 12.8 Å². The normalized spacial score (nSPS) is 13.1. The van der Waals surface area contributed by atoms with Crippen molar-refractivity contribution in [3.63, 3.8) is 0 Å². The first kappa shape index (κ1) is 9.90. The van der Waals surface area contributed by atoms with E-state index in [0.717, 1.165) is 0 Å². The number of benzene rings is 3. The van der Waals surface area contributed by atoms with Crippen LogP contribution < -0.4 is 0 Å². The number of rotatable bonds is 1. The van der Waals surface area contributed by atoms with E-state index in [1.54, 1.807) is 0 Å². The molecule has 3 aromatic carbocycles. The molecule has 0 nitrogen and oxygen atoms in total. The summed E-state index contributed by atoms with van der Waals surface area (Å²) in [5.74, 6) is 0. The zero-order chi connectivity index (χ0) is 11.9. The minimum atomic E-state index is 1.19. The van der Waals surface area contributed by atoms with Crippen LogP contribution >= 0.6 is 0 Å². The van der Waals surface area contributed by atoms with Gasteiger partial charge in [-0.1, -0.05) is 54.6 Å². The van der Waals surface area contributed by atoms with E-state index < -0.39 is 0 Å². The van der Waals surface area contributed by atoms with Crippen LogP contribution in [0.2, 0.25) is 0 Å². The van der Waals surface area contributed by atoms with Crippen molar-refractivity contribution in [1.82, 2.24) is 0 Å². The Bertz CT molecular complexity index is 713. The maximum Gasteiger partial charge on any atom is -0.00999 e. The largest absolute Gasteiger partial charge is 0.0613 e. The molecule has 0 saturated heterocycles. The summed E-state index contributed by atoms with van der Waals surface area (Å²) in [5.41, 5.74) is 5.63. The molecule has 85 valence electrons. The Morgan fingerprint density at radius 1 is 0.778 bits per heavy atom. The molecule has 0 atom stereocenters. The lowest BCUT2D eigenvalue weighted by Crippen LogP contribution is -1.84. The van der Waals surface area contributed by atoms with E-state index in [1.807, 2.05) is 12.1 Å². The number of aryl methyl sites for hydroxylation is 2. The maximum atomic E-state index is 3.09. The van der Waals surface area contributed by atoms with Crippen LogP contribution in [0.1, 0.15) is 11.1 Å². The van der Waals surface area contributed by atoms with E-state index in [0.29, 0.717) is 0 Å². The van der Waals surface area contributed by atoms with E-state index in [9.17, 15) is 0 Å². The molecule has 18 heavy (non-hydrogen) atoms. The molecular formula is C18H13. The molecule has 0 aromatic heterocycles. The first-order valence-electron chi connectivity index (χ1n) is 6.43. The lowest BCUT2D eigenvalue weighted by molar-refractivity contribution is 1.02. The van der Waals surface area contributed by atoms with Gasteiger partial charge in [0.15, 0.2) is 0 Å². The standard InChI is InChI=1S/C18H13/c1-2-5-13(6-3-1)16-12-11-15-10-9-14-7-4-8-17(16)18(14)15/h2-8,11-12H,9-10H2. The molecule has 1 radical (unpaired) electrons. The molecular weight excluding hydrogens is 216 g/mol. The van der Waals surface area contributed by atoms with Crippen LogP contribution in [0.3, 0.4) is 0 Å². The molecule has 0 fully saturated rings. The Kier molecular flexibility index (Phi) is 2.04. The van der Waals surface area contributed by atoms with Crippen molar-refractivity contribution in [2.24, 2.45) is 0 Å². The third kappa shape index (κ3) is 1.32. The molecule has 3 aromatic rings. The van der Waals surface area contributed by atoms with Gasteiger partial charge in [0.2, 0.25) is 0 Å². The van der Waals surface area contributed by atoms with Gasteiger partial charge in [0.05, 0.1) is 0 Å². The molecule has 4 rings (SSSR count). The van der Waals surface area contributed by atoms with E-state index in [-0.39, 0.29) is 0 Å². The smallest absolute Gasteiger partial charge is 0.00999 e. The fourth-order valence-electron chi connectivity index (χ4n) is 3.07. The highest BCUT2D eigenvalue weighted by atomic mass is 14.2. The van der Waals surface area contributed by atoms with Crippen LogP contribution in [0.25, 0.3) is 21.9 Å². The van der Waals surface area contributed by atoms with Gasteiger partial charge < -0.3 is 0 Å². The van der Waals surface area contributed by atoms with Gasteiger partial charge in [-0.3, -0.25) is 0 Å².